The van der Waals surface area contributed by atoms with E-state index in [1.54, 1.807) is 0 Å². The van der Waals surface area contributed by atoms with E-state index in [1.807, 2.05) is 0 Å². The van der Waals surface area contributed by atoms with Gasteiger partial charge in [-0.2, -0.15) is 0 Å². The van der Waals surface area contributed by atoms with E-state index in [1.165, 1.54) is 24.3 Å². The quantitative estimate of drug-likeness (QED) is 0.687. The zero-order valence-corrected chi connectivity index (χ0v) is 13.5. The third kappa shape index (κ3) is 6.41. The fraction of sp³-hybridized carbons (Fsp3) is 0.562. The van der Waals surface area contributed by atoms with Gasteiger partial charge in [0.05, 0.1) is 6.10 Å². The smallest absolute Gasteiger partial charge is 0.314 e. The highest BCUT2D eigenvalue weighted by atomic mass is 19.1. The first-order valence-corrected chi connectivity index (χ1v) is 7.63. The van der Waals surface area contributed by atoms with Crippen molar-refractivity contribution in [3.05, 3.63) is 35.6 Å². The molecule has 0 fully saturated rings. The van der Waals surface area contributed by atoms with Crippen LogP contribution in [0.4, 0.5) is 9.18 Å². The molecule has 0 aliphatic carbocycles. The first kappa shape index (κ1) is 18.4. The lowest BCUT2D eigenvalue weighted by molar-refractivity contribution is 0.172. The summed E-state index contributed by atoms with van der Waals surface area (Å²) in [6, 6.07) is 5.69. The molecule has 0 aliphatic rings. The van der Waals surface area contributed by atoms with Crippen LogP contribution in [0.1, 0.15) is 32.4 Å². The lowest BCUT2D eigenvalue weighted by atomic mass is 10.1. The minimum atomic E-state index is -0.853. The van der Waals surface area contributed by atoms with Crippen LogP contribution < -0.4 is 10.6 Å². The normalized spacial score (nSPS) is 12.5. The van der Waals surface area contributed by atoms with Crippen LogP contribution in [0, 0.1) is 5.82 Å². The van der Waals surface area contributed by atoms with Crippen LogP contribution in [0.2, 0.25) is 0 Å². The van der Waals surface area contributed by atoms with Gasteiger partial charge in [-0.1, -0.05) is 19.1 Å². The highest BCUT2D eigenvalue weighted by Crippen LogP contribution is 2.12. The molecule has 0 saturated heterocycles. The maximum absolute atomic E-state index is 12.8. The van der Waals surface area contributed by atoms with E-state index in [0.717, 1.165) is 13.1 Å². The summed E-state index contributed by atoms with van der Waals surface area (Å²) >= 11 is 0. The van der Waals surface area contributed by atoms with Crippen LogP contribution in [-0.4, -0.2) is 48.3 Å². The van der Waals surface area contributed by atoms with E-state index < -0.39 is 6.10 Å². The highest BCUT2D eigenvalue weighted by Gasteiger charge is 2.10. The summed E-state index contributed by atoms with van der Waals surface area (Å²) in [7, 11) is 0. The number of carbonyl (C=O) groups is 1. The van der Waals surface area contributed by atoms with Crippen LogP contribution in [0.15, 0.2) is 24.3 Å². The fourth-order valence-corrected chi connectivity index (χ4v) is 2.15. The molecule has 0 bridgehead atoms. The second kappa shape index (κ2) is 9.38. The molecule has 1 aromatic carbocycles. The predicted octanol–water partition coefficient (Wildman–Crippen LogP) is 1.89. The molecule has 0 radical (unpaired) electrons. The maximum Gasteiger partial charge on any atom is 0.314 e. The monoisotopic (exact) mass is 311 g/mol. The van der Waals surface area contributed by atoms with Crippen LogP contribution in [-0.2, 0) is 0 Å². The Morgan fingerprint density at radius 3 is 2.45 bits per heavy atom. The van der Waals surface area contributed by atoms with Crippen LogP contribution in [0.25, 0.3) is 0 Å². The zero-order chi connectivity index (χ0) is 16.5. The molecule has 0 aromatic heterocycles. The van der Waals surface area contributed by atoms with Crippen LogP contribution >= 0.6 is 0 Å². The van der Waals surface area contributed by atoms with Gasteiger partial charge in [0, 0.05) is 25.7 Å². The van der Waals surface area contributed by atoms with Crippen LogP contribution in [0.5, 0.6) is 0 Å². The maximum atomic E-state index is 12.8. The van der Waals surface area contributed by atoms with E-state index in [9.17, 15) is 14.3 Å². The molecule has 0 spiro atoms. The first-order chi connectivity index (χ1) is 10.4. The number of halogens is 1. The van der Waals surface area contributed by atoms with Crippen molar-refractivity contribution >= 4 is 6.03 Å². The molecule has 1 rings (SSSR count). The van der Waals surface area contributed by atoms with Crippen molar-refractivity contribution in [3.8, 4) is 0 Å². The Kier molecular flexibility index (Phi) is 7.84. The minimum absolute atomic E-state index is 0.0825. The van der Waals surface area contributed by atoms with Gasteiger partial charge in [-0.3, -0.25) is 4.90 Å². The number of carbonyl (C=O) groups excluding carboxylic acids is 1. The van der Waals surface area contributed by atoms with Gasteiger partial charge in [0.15, 0.2) is 0 Å². The Balaban J connectivity index is 2.26. The van der Waals surface area contributed by atoms with Crippen molar-refractivity contribution in [2.45, 2.75) is 32.9 Å². The average molecular weight is 311 g/mol. The molecule has 1 atom stereocenters. The molecule has 0 heterocycles. The number of nitrogens with zero attached hydrogens (tertiary/aromatic N) is 1. The first-order valence-electron chi connectivity index (χ1n) is 7.63. The Morgan fingerprint density at radius 1 is 1.27 bits per heavy atom. The Hall–Kier alpha value is -1.66. The molecule has 1 unspecified atom stereocenters. The van der Waals surface area contributed by atoms with E-state index in [4.69, 9.17) is 0 Å². The summed E-state index contributed by atoms with van der Waals surface area (Å²) < 4.78 is 12.8. The summed E-state index contributed by atoms with van der Waals surface area (Å²) in [5.74, 6) is -0.354. The number of rotatable bonds is 8. The zero-order valence-electron chi connectivity index (χ0n) is 13.5. The Labute approximate surface area is 131 Å². The molecule has 5 nitrogen and oxygen atoms in total. The van der Waals surface area contributed by atoms with Crippen molar-refractivity contribution in [2.24, 2.45) is 0 Å². The number of aliphatic hydroxyl groups is 1. The van der Waals surface area contributed by atoms with Crippen molar-refractivity contribution in [2.75, 3.05) is 26.2 Å². The molecule has 1 aromatic rings. The molecule has 22 heavy (non-hydrogen) atoms. The summed E-state index contributed by atoms with van der Waals surface area (Å²) in [5.41, 5.74) is 0.568. The highest BCUT2D eigenvalue weighted by molar-refractivity contribution is 5.73. The van der Waals surface area contributed by atoms with E-state index in [0.29, 0.717) is 18.2 Å². The molecule has 2 amide bonds. The number of urea groups is 1. The molecule has 0 aliphatic heterocycles. The van der Waals surface area contributed by atoms with Gasteiger partial charge >= 0.3 is 6.03 Å². The summed E-state index contributed by atoms with van der Waals surface area (Å²) in [6.45, 7) is 8.65. The van der Waals surface area contributed by atoms with Gasteiger partial charge in [0.1, 0.15) is 5.82 Å². The van der Waals surface area contributed by atoms with E-state index in [-0.39, 0.29) is 18.4 Å². The summed E-state index contributed by atoms with van der Waals surface area (Å²) in [4.78, 5) is 13.9. The van der Waals surface area contributed by atoms with Crippen molar-refractivity contribution in [1.29, 1.82) is 0 Å². The second-order valence-electron chi connectivity index (χ2n) is 5.43. The van der Waals surface area contributed by atoms with Crippen molar-refractivity contribution in [1.82, 2.24) is 15.5 Å². The standard InChI is InChI=1S/C16H26FN3O2/c1-4-20(12(2)3)10-9-18-16(22)19-11-15(21)13-5-7-14(17)8-6-13/h5-8,12,15,21H,4,9-11H2,1-3H3,(H2,18,19,22). The SMILES string of the molecule is CCN(CCNC(=O)NCC(O)c1ccc(F)cc1)C(C)C. The minimum Gasteiger partial charge on any atom is -0.387 e. The third-order valence-electron chi connectivity index (χ3n) is 3.53. The fourth-order valence-electron chi connectivity index (χ4n) is 2.15. The molecular weight excluding hydrogens is 285 g/mol. The van der Waals surface area contributed by atoms with E-state index in [2.05, 4.69) is 36.3 Å². The number of nitrogens with one attached hydrogen (secondary N) is 2. The van der Waals surface area contributed by atoms with Crippen molar-refractivity contribution < 1.29 is 14.3 Å². The second-order valence-corrected chi connectivity index (χ2v) is 5.43. The number of hydrogen-bond donors (Lipinski definition) is 3. The lowest BCUT2D eigenvalue weighted by Crippen LogP contribution is -2.43. The molecule has 3 N–H and O–H groups in total. The third-order valence-corrected chi connectivity index (χ3v) is 3.53. The molecule has 124 valence electrons. The van der Waals surface area contributed by atoms with Gasteiger partial charge < -0.3 is 15.7 Å². The number of benzene rings is 1. The Bertz CT molecular complexity index is 451. The lowest BCUT2D eigenvalue weighted by Gasteiger charge is -2.24. The van der Waals surface area contributed by atoms with Gasteiger partial charge in [0.25, 0.3) is 0 Å². The van der Waals surface area contributed by atoms with Gasteiger partial charge in [-0.25, -0.2) is 9.18 Å². The van der Waals surface area contributed by atoms with Gasteiger partial charge in [-0.15, -0.1) is 0 Å². The molecule has 0 saturated carbocycles. The largest absolute Gasteiger partial charge is 0.387 e. The summed E-state index contributed by atoms with van der Waals surface area (Å²) in [5, 5.41) is 15.3. The number of likely N-dealkylation sites (N-methyl/N-ethyl adjacent to an activating group) is 1. The molecule has 6 heteroatoms. The number of amides is 2. The molecular formula is C16H26FN3O2. The van der Waals surface area contributed by atoms with E-state index >= 15 is 0 Å². The topological polar surface area (TPSA) is 64.6 Å². The average Bonchev–Trinajstić information content (AvgIpc) is 2.49. The van der Waals surface area contributed by atoms with Gasteiger partial charge in [-0.05, 0) is 38.1 Å². The number of hydrogen-bond acceptors (Lipinski definition) is 3. The predicted molar refractivity (Wildman–Crippen MR) is 85.1 cm³/mol. The summed E-state index contributed by atoms with van der Waals surface area (Å²) in [6.07, 6.45) is -0.853. The van der Waals surface area contributed by atoms with Gasteiger partial charge in [0.2, 0.25) is 0 Å². The Morgan fingerprint density at radius 2 is 1.91 bits per heavy atom. The van der Waals surface area contributed by atoms with Crippen molar-refractivity contribution in [3.63, 3.8) is 0 Å². The van der Waals surface area contributed by atoms with Crippen LogP contribution in [0.3, 0.4) is 0 Å². The number of aliphatic hydroxyl groups excluding tert-OH is 1.